The molecule has 5 nitrogen and oxygen atoms in total. The molecular weight excluding hydrogens is 297 g/mol. The molecule has 1 N–H and O–H groups in total. The number of para-hydroxylation sites is 1. The van der Waals surface area contributed by atoms with Crippen molar-refractivity contribution in [1.82, 2.24) is 5.43 Å². The van der Waals surface area contributed by atoms with Crippen LogP contribution in [-0.4, -0.2) is 18.2 Å². The molecule has 116 valence electrons. The first-order chi connectivity index (χ1) is 11.1. The van der Waals surface area contributed by atoms with Crippen molar-refractivity contribution in [3.05, 3.63) is 65.5 Å². The van der Waals surface area contributed by atoms with Gasteiger partial charge >= 0.3 is 0 Å². The highest BCUT2D eigenvalue weighted by atomic mass is 19.1. The average molecular weight is 311 g/mol. The minimum Gasteiger partial charge on any atom is -0.481 e. The second-order valence-corrected chi connectivity index (χ2v) is 4.64. The topological polar surface area (TPSA) is 74.5 Å². The molecule has 2 aromatic carbocycles. The Morgan fingerprint density at radius 2 is 1.96 bits per heavy atom. The van der Waals surface area contributed by atoms with Crippen molar-refractivity contribution < 1.29 is 13.9 Å². The monoisotopic (exact) mass is 311 g/mol. The summed E-state index contributed by atoms with van der Waals surface area (Å²) in [6, 6.07) is 14.7. The summed E-state index contributed by atoms with van der Waals surface area (Å²) >= 11 is 0. The number of rotatable bonds is 5. The Morgan fingerprint density at radius 3 is 2.61 bits per heavy atom. The summed E-state index contributed by atoms with van der Waals surface area (Å²) in [5.74, 6) is -1.02. The van der Waals surface area contributed by atoms with Gasteiger partial charge < -0.3 is 4.74 Å². The number of nitrogens with one attached hydrogen (secondary N) is 1. The van der Waals surface area contributed by atoms with Gasteiger partial charge in [0.05, 0.1) is 17.3 Å². The lowest BCUT2D eigenvalue weighted by atomic mass is 10.1. The molecule has 0 heterocycles. The lowest BCUT2D eigenvalue weighted by Gasteiger charge is -2.06. The largest absolute Gasteiger partial charge is 0.481 e. The Morgan fingerprint density at radius 1 is 1.26 bits per heavy atom. The van der Waals surface area contributed by atoms with Gasteiger partial charge in [0.2, 0.25) is 0 Å². The molecule has 6 heteroatoms. The van der Waals surface area contributed by atoms with Gasteiger partial charge in [0.1, 0.15) is 0 Å². The zero-order chi connectivity index (χ0) is 16.7. The van der Waals surface area contributed by atoms with Crippen LogP contribution in [0, 0.1) is 17.1 Å². The van der Waals surface area contributed by atoms with Gasteiger partial charge in [-0.2, -0.15) is 10.4 Å². The van der Waals surface area contributed by atoms with Crippen LogP contribution >= 0.6 is 0 Å². The van der Waals surface area contributed by atoms with E-state index in [1.54, 1.807) is 37.3 Å². The number of benzene rings is 2. The predicted molar refractivity (Wildman–Crippen MR) is 83.4 cm³/mol. The van der Waals surface area contributed by atoms with Crippen LogP contribution in [0.25, 0.3) is 0 Å². The van der Waals surface area contributed by atoms with Crippen molar-refractivity contribution in [3.63, 3.8) is 0 Å². The number of halogens is 1. The van der Waals surface area contributed by atoms with Gasteiger partial charge in [0, 0.05) is 0 Å². The molecule has 0 aromatic heterocycles. The molecule has 0 fully saturated rings. The highest BCUT2D eigenvalue weighted by Crippen LogP contribution is 2.14. The van der Waals surface area contributed by atoms with Crippen LogP contribution in [0.4, 0.5) is 4.39 Å². The maximum absolute atomic E-state index is 13.3. The Balaban J connectivity index is 1.89. The van der Waals surface area contributed by atoms with Crippen molar-refractivity contribution in [1.29, 1.82) is 5.26 Å². The van der Waals surface area contributed by atoms with Crippen molar-refractivity contribution in [2.45, 2.75) is 6.92 Å². The molecule has 0 spiro atoms. The molecule has 0 aliphatic rings. The SMILES string of the molecule is C/C(=N\NC(=O)COc1ccccc1F)c1ccc(C#N)cc1. The molecule has 0 bridgehead atoms. The summed E-state index contributed by atoms with van der Waals surface area (Å²) in [6.07, 6.45) is 0. The zero-order valence-corrected chi connectivity index (χ0v) is 12.4. The normalized spacial score (nSPS) is 10.7. The molecular formula is C17H14FN3O2. The lowest BCUT2D eigenvalue weighted by molar-refractivity contribution is -0.123. The van der Waals surface area contributed by atoms with Crippen molar-refractivity contribution >= 4 is 11.6 Å². The van der Waals surface area contributed by atoms with Gasteiger partial charge in [0.25, 0.3) is 5.91 Å². The molecule has 2 aromatic rings. The van der Waals surface area contributed by atoms with Gasteiger partial charge in [-0.25, -0.2) is 9.82 Å². The third-order valence-electron chi connectivity index (χ3n) is 2.98. The summed E-state index contributed by atoms with van der Waals surface area (Å²) in [5.41, 5.74) is 4.24. The minimum atomic E-state index is -0.530. The number of hydrogen-bond donors (Lipinski definition) is 1. The quantitative estimate of drug-likeness (QED) is 0.681. The molecule has 2 rings (SSSR count). The lowest BCUT2D eigenvalue weighted by Crippen LogP contribution is -2.25. The minimum absolute atomic E-state index is 0.00967. The predicted octanol–water partition coefficient (Wildman–Crippen LogP) is 2.62. The van der Waals surface area contributed by atoms with Crippen LogP contribution in [0.1, 0.15) is 18.1 Å². The summed E-state index contributed by atoms with van der Waals surface area (Å²) in [5, 5.41) is 12.7. The summed E-state index contributed by atoms with van der Waals surface area (Å²) < 4.78 is 18.4. The molecule has 0 saturated heterocycles. The van der Waals surface area contributed by atoms with Crippen molar-refractivity contribution in [3.8, 4) is 11.8 Å². The molecule has 0 radical (unpaired) electrons. The van der Waals surface area contributed by atoms with Gasteiger partial charge in [-0.15, -0.1) is 0 Å². The second kappa shape index (κ2) is 7.71. The third-order valence-corrected chi connectivity index (χ3v) is 2.98. The molecule has 0 saturated carbocycles. The summed E-state index contributed by atoms with van der Waals surface area (Å²) in [4.78, 5) is 11.7. The molecule has 0 aliphatic heterocycles. The van der Waals surface area contributed by atoms with E-state index in [4.69, 9.17) is 10.00 Å². The Bertz CT molecular complexity index is 764. The van der Waals surface area contributed by atoms with E-state index >= 15 is 0 Å². The van der Waals surface area contributed by atoms with Crippen molar-refractivity contribution in [2.24, 2.45) is 5.10 Å². The number of ether oxygens (including phenoxy) is 1. The van der Waals surface area contributed by atoms with E-state index in [2.05, 4.69) is 10.5 Å². The number of carbonyl (C=O) groups is 1. The summed E-state index contributed by atoms with van der Waals surface area (Å²) in [6.45, 7) is 1.38. The van der Waals surface area contributed by atoms with Crippen LogP contribution in [0.3, 0.4) is 0 Å². The Hall–Kier alpha value is -3.20. The first-order valence-electron chi connectivity index (χ1n) is 6.81. The molecule has 0 unspecified atom stereocenters. The number of nitriles is 1. The number of hydrogen-bond acceptors (Lipinski definition) is 4. The fraction of sp³-hybridized carbons (Fsp3) is 0.118. The average Bonchev–Trinajstić information content (AvgIpc) is 2.59. The second-order valence-electron chi connectivity index (χ2n) is 4.64. The van der Waals surface area contributed by atoms with Crippen LogP contribution in [-0.2, 0) is 4.79 Å². The zero-order valence-electron chi connectivity index (χ0n) is 12.4. The number of nitrogens with zero attached hydrogens (tertiary/aromatic N) is 2. The van der Waals surface area contributed by atoms with Crippen LogP contribution in [0.2, 0.25) is 0 Å². The molecule has 0 aliphatic carbocycles. The first kappa shape index (κ1) is 16.2. The highest BCUT2D eigenvalue weighted by Gasteiger charge is 2.06. The van der Waals surface area contributed by atoms with Gasteiger partial charge in [0.15, 0.2) is 18.2 Å². The third kappa shape index (κ3) is 4.64. The van der Waals surface area contributed by atoms with E-state index in [9.17, 15) is 9.18 Å². The smallest absolute Gasteiger partial charge is 0.277 e. The maximum atomic E-state index is 13.3. The number of hydrazone groups is 1. The van der Waals surface area contributed by atoms with E-state index < -0.39 is 11.7 Å². The van der Waals surface area contributed by atoms with E-state index in [1.165, 1.54) is 18.2 Å². The fourth-order valence-electron chi connectivity index (χ4n) is 1.73. The number of amides is 1. The Labute approximate surface area is 133 Å². The van der Waals surface area contributed by atoms with E-state index in [-0.39, 0.29) is 12.4 Å². The van der Waals surface area contributed by atoms with Crippen LogP contribution < -0.4 is 10.2 Å². The van der Waals surface area contributed by atoms with Crippen molar-refractivity contribution in [2.75, 3.05) is 6.61 Å². The van der Waals surface area contributed by atoms with E-state index in [0.717, 1.165) is 5.56 Å². The summed E-state index contributed by atoms with van der Waals surface area (Å²) in [7, 11) is 0. The first-order valence-corrected chi connectivity index (χ1v) is 6.81. The maximum Gasteiger partial charge on any atom is 0.277 e. The van der Waals surface area contributed by atoms with Gasteiger partial charge in [-0.05, 0) is 36.8 Å². The van der Waals surface area contributed by atoms with Crippen LogP contribution in [0.15, 0.2) is 53.6 Å². The molecule has 23 heavy (non-hydrogen) atoms. The molecule has 1 amide bonds. The van der Waals surface area contributed by atoms with Crippen LogP contribution in [0.5, 0.6) is 5.75 Å². The van der Waals surface area contributed by atoms with E-state index in [0.29, 0.717) is 11.3 Å². The van der Waals surface area contributed by atoms with E-state index in [1.807, 2.05) is 6.07 Å². The Kier molecular flexibility index (Phi) is 5.42. The highest BCUT2D eigenvalue weighted by molar-refractivity contribution is 5.99. The molecule has 0 atom stereocenters. The standard InChI is InChI=1S/C17H14FN3O2/c1-12(14-8-6-13(10-19)7-9-14)20-21-17(22)11-23-16-5-3-2-4-15(16)18/h2-9H,11H2,1H3,(H,21,22)/b20-12+. The van der Waals surface area contributed by atoms with Gasteiger partial charge in [-0.3, -0.25) is 4.79 Å². The van der Waals surface area contributed by atoms with Gasteiger partial charge in [-0.1, -0.05) is 24.3 Å². The number of carbonyl (C=O) groups excluding carboxylic acids is 1. The fourth-order valence-corrected chi connectivity index (χ4v) is 1.73.